The lowest BCUT2D eigenvalue weighted by atomic mass is 9.87. The van der Waals surface area contributed by atoms with Crippen molar-refractivity contribution in [3.63, 3.8) is 0 Å². The highest BCUT2D eigenvalue weighted by molar-refractivity contribution is 5.83. The predicted octanol–water partition coefficient (Wildman–Crippen LogP) is 3.73. The number of nitro benzene ring substituents is 1. The van der Waals surface area contributed by atoms with E-state index in [0.29, 0.717) is 0 Å². The number of amides is 1. The Morgan fingerprint density at radius 2 is 1.89 bits per heavy atom. The van der Waals surface area contributed by atoms with Crippen LogP contribution in [0.15, 0.2) is 47.6 Å². The van der Waals surface area contributed by atoms with Crippen LogP contribution in [0.2, 0.25) is 0 Å². The van der Waals surface area contributed by atoms with Gasteiger partial charge < -0.3 is 4.74 Å². The van der Waals surface area contributed by atoms with Gasteiger partial charge in [0.1, 0.15) is 0 Å². The lowest BCUT2D eigenvalue weighted by molar-refractivity contribution is -0.385. The molecule has 2 aromatic rings. The Morgan fingerprint density at radius 3 is 2.48 bits per heavy atom. The first-order chi connectivity index (χ1) is 12.7. The van der Waals surface area contributed by atoms with E-state index in [1.165, 1.54) is 23.9 Å². The Labute approximate surface area is 158 Å². The summed E-state index contributed by atoms with van der Waals surface area (Å²) < 4.78 is 5.24. The number of rotatable bonds is 6. The van der Waals surface area contributed by atoms with E-state index in [-0.39, 0.29) is 23.5 Å². The molecule has 0 aliphatic heterocycles. The minimum Gasteiger partial charge on any atom is -0.477 e. The number of nitrogens with zero attached hydrogens (tertiary/aromatic N) is 2. The van der Waals surface area contributed by atoms with Crippen LogP contribution in [0.25, 0.3) is 0 Å². The second-order valence-corrected chi connectivity index (χ2v) is 7.18. The highest BCUT2D eigenvalue weighted by Crippen LogP contribution is 2.27. The average Bonchev–Trinajstić information content (AvgIpc) is 2.60. The van der Waals surface area contributed by atoms with Crippen molar-refractivity contribution in [2.45, 2.75) is 33.1 Å². The first kappa shape index (κ1) is 20.1. The van der Waals surface area contributed by atoms with Gasteiger partial charge in [-0.3, -0.25) is 14.9 Å². The molecule has 0 saturated carbocycles. The molecule has 7 heteroatoms. The van der Waals surface area contributed by atoms with E-state index in [0.717, 1.165) is 11.1 Å². The molecule has 1 amide bonds. The molecule has 1 N–H and O–H groups in total. The summed E-state index contributed by atoms with van der Waals surface area (Å²) in [4.78, 5) is 22.3. The van der Waals surface area contributed by atoms with Crippen molar-refractivity contribution < 1.29 is 14.5 Å². The third kappa shape index (κ3) is 5.91. The first-order valence-corrected chi connectivity index (χ1v) is 8.47. The van der Waals surface area contributed by atoms with E-state index in [1.807, 2.05) is 24.3 Å². The van der Waals surface area contributed by atoms with E-state index in [4.69, 9.17) is 4.74 Å². The fourth-order valence-electron chi connectivity index (χ4n) is 2.32. The fraction of sp³-hybridized carbons (Fsp3) is 0.300. The van der Waals surface area contributed by atoms with Gasteiger partial charge in [0.25, 0.3) is 5.91 Å². The molecule has 0 bridgehead atoms. The van der Waals surface area contributed by atoms with Crippen molar-refractivity contribution in [3.8, 4) is 5.75 Å². The molecule has 0 fully saturated rings. The number of carbonyl (C=O) groups excluding carboxylic acids is 1. The van der Waals surface area contributed by atoms with Crippen molar-refractivity contribution in [1.29, 1.82) is 0 Å². The van der Waals surface area contributed by atoms with Crippen LogP contribution in [-0.4, -0.2) is 23.7 Å². The molecule has 2 rings (SSSR count). The van der Waals surface area contributed by atoms with E-state index in [2.05, 4.69) is 31.3 Å². The largest absolute Gasteiger partial charge is 0.477 e. The van der Waals surface area contributed by atoms with Crippen molar-refractivity contribution in [1.82, 2.24) is 5.43 Å². The minimum absolute atomic E-state index is 0.0440. The molecule has 0 spiro atoms. The number of hydrogen-bond donors (Lipinski definition) is 1. The van der Waals surface area contributed by atoms with E-state index < -0.39 is 10.8 Å². The molecule has 27 heavy (non-hydrogen) atoms. The summed E-state index contributed by atoms with van der Waals surface area (Å²) in [7, 11) is 0. The van der Waals surface area contributed by atoms with Gasteiger partial charge in [0.2, 0.25) is 0 Å². The topological polar surface area (TPSA) is 93.8 Å². The van der Waals surface area contributed by atoms with Crippen LogP contribution in [0.4, 0.5) is 5.69 Å². The van der Waals surface area contributed by atoms with Gasteiger partial charge in [0.15, 0.2) is 12.4 Å². The summed E-state index contributed by atoms with van der Waals surface area (Å²) in [5, 5.41) is 14.9. The maximum absolute atomic E-state index is 11.8. The Hall–Kier alpha value is -3.22. The van der Waals surface area contributed by atoms with Crippen LogP contribution < -0.4 is 10.2 Å². The second-order valence-electron chi connectivity index (χ2n) is 7.18. The maximum Gasteiger partial charge on any atom is 0.311 e. The lowest BCUT2D eigenvalue weighted by Crippen LogP contribution is -2.24. The summed E-state index contributed by atoms with van der Waals surface area (Å²) in [6, 6.07) is 12.4. The Balaban J connectivity index is 1.90. The molecule has 0 unspecified atom stereocenters. The number of carbonyl (C=O) groups is 1. The highest BCUT2D eigenvalue weighted by Gasteiger charge is 2.16. The monoisotopic (exact) mass is 369 g/mol. The van der Waals surface area contributed by atoms with Gasteiger partial charge in [-0.15, -0.1) is 0 Å². The summed E-state index contributed by atoms with van der Waals surface area (Å²) in [6.45, 7) is 7.77. The third-order valence-electron chi connectivity index (χ3n) is 3.85. The SMILES string of the molecule is Cc1ccc(OCC(=O)NN=Cc2ccc(C(C)(C)C)cc2)c([N+](=O)[O-])c1. The van der Waals surface area contributed by atoms with E-state index in [1.54, 1.807) is 13.0 Å². The molecular weight excluding hydrogens is 346 g/mol. The first-order valence-electron chi connectivity index (χ1n) is 8.47. The highest BCUT2D eigenvalue weighted by atomic mass is 16.6. The van der Waals surface area contributed by atoms with Crippen molar-refractivity contribution in [3.05, 3.63) is 69.3 Å². The van der Waals surface area contributed by atoms with Crippen LogP contribution in [0.5, 0.6) is 5.75 Å². The number of hydrogen-bond acceptors (Lipinski definition) is 5. The predicted molar refractivity (Wildman–Crippen MR) is 104 cm³/mol. The molecule has 7 nitrogen and oxygen atoms in total. The maximum atomic E-state index is 11.8. The fourth-order valence-corrected chi connectivity index (χ4v) is 2.32. The standard InChI is InChI=1S/C20H23N3O4/c1-14-5-10-18(17(11-14)23(25)26)27-13-19(24)22-21-12-15-6-8-16(9-7-15)20(2,3)4/h5-12H,13H2,1-4H3,(H,22,24). The van der Waals surface area contributed by atoms with Crippen LogP contribution in [0, 0.1) is 17.0 Å². The molecule has 0 aliphatic carbocycles. The van der Waals surface area contributed by atoms with Crippen LogP contribution in [0.1, 0.15) is 37.5 Å². The summed E-state index contributed by atoms with van der Waals surface area (Å²) in [5.74, 6) is -0.463. The Morgan fingerprint density at radius 1 is 1.22 bits per heavy atom. The van der Waals surface area contributed by atoms with Crippen molar-refractivity contribution in [2.24, 2.45) is 5.10 Å². The van der Waals surface area contributed by atoms with Gasteiger partial charge in [-0.2, -0.15) is 5.10 Å². The smallest absolute Gasteiger partial charge is 0.311 e. The van der Waals surface area contributed by atoms with Crippen LogP contribution >= 0.6 is 0 Å². The molecule has 142 valence electrons. The molecule has 0 saturated heterocycles. The number of nitro groups is 1. The van der Waals surface area contributed by atoms with Crippen molar-refractivity contribution >= 4 is 17.8 Å². The number of benzene rings is 2. The van der Waals surface area contributed by atoms with Gasteiger partial charge in [-0.25, -0.2) is 5.43 Å². The second kappa shape index (κ2) is 8.44. The summed E-state index contributed by atoms with van der Waals surface area (Å²) in [5.41, 5.74) is 5.02. The third-order valence-corrected chi connectivity index (χ3v) is 3.85. The van der Waals surface area contributed by atoms with Crippen LogP contribution in [0.3, 0.4) is 0 Å². The van der Waals surface area contributed by atoms with Gasteiger partial charge in [0, 0.05) is 6.07 Å². The summed E-state index contributed by atoms with van der Waals surface area (Å²) >= 11 is 0. The zero-order chi connectivity index (χ0) is 20.0. The molecule has 2 aromatic carbocycles. The number of hydrazone groups is 1. The van der Waals surface area contributed by atoms with Gasteiger partial charge in [0.05, 0.1) is 11.1 Å². The normalized spacial score (nSPS) is 11.4. The average molecular weight is 369 g/mol. The number of ether oxygens (including phenoxy) is 1. The molecule has 0 aliphatic rings. The number of aryl methyl sites for hydroxylation is 1. The van der Waals surface area contributed by atoms with E-state index >= 15 is 0 Å². The zero-order valence-electron chi connectivity index (χ0n) is 15.9. The zero-order valence-corrected chi connectivity index (χ0v) is 15.9. The quantitative estimate of drug-likeness (QED) is 0.477. The Bertz CT molecular complexity index is 853. The minimum atomic E-state index is -0.542. The lowest BCUT2D eigenvalue weighted by Gasteiger charge is -2.18. The summed E-state index contributed by atoms with van der Waals surface area (Å²) in [6.07, 6.45) is 1.53. The number of nitrogens with one attached hydrogen (secondary N) is 1. The molecule has 0 atom stereocenters. The molecule has 0 heterocycles. The van der Waals surface area contributed by atoms with Gasteiger partial charge in [-0.1, -0.05) is 51.1 Å². The van der Waals surface area contributed by atoms with Gasteiger partial charge >= 0.3 is 5.69 Å². The van der Waals surface area contributed by atoms with Gasteiger partial charge in [-0.05, 0) is 35.1 Å². The molecular formula is C20H23N3O4. The molecule has 0 radical (unpaired) electrons. The van der Waals surface area contributed by atoms with E-state index in [9.17, 15) is 14.9 Å². The Kier molecular flexibility index (Phi) is 6.28. The van der Waals surface area contributed by atoms with Crippen molar-refractivity contribution in [2.75, 3.05) is 6.61 Å². The van der Waals surface area contributed by atoms with Crippen LogP contribution in [-0.2, 0) is 10.2 Å². The molecule has 0 aromatic heterocycles.